The van der Waals surface area contributed by atoms with Crippen molar-refractivity contribution < 1.29 is 56.8 Å². The Morgan fingerprint density at radius 2 is 1.72 bits per heavy atom. The van der Waals surface area contributed by atoms with Gasteiger partial charge < -0.3 is 14.0 Å². The van der Waals surface area contributed by atoms with Crippen LogP contribution in [-0.4, -0.2) is 25.5 Å². The fraction of sp³-hybridized carbons (Fsp3) is 0.240. The first-order chi connectivity index (χ1) is 16.7. The molecule has 0 fully saturated rings. The number of benzene rings is 3. The predicted octanol–water partition coefficient (Wildman–Crippen LogP) is 2.91. The number of hydrogen-bond acceptors (Lipinski definition) is 8. The minimum atomic E-state index is -4.74. The maximum Gasteiger partial charge on any atom is 1.00 e. The molecule has 0 amide bonds. The van der Waals surface area contributed by atoms with Crippen LogP contribution in [0.25, 0.3) is 0 Å². The molecule has 0 aromatic heterocycles. The van der Waals surface area contributed by atoms with Crippen LogP contribution in [0.1, 0.15) is 40.4 Å². The Labute approximate surface area is 236 Å². The van der Waals surface area contributed by atoms with E-state index in [2.05, 4.69) is 10.2 Å². The van der Waals surface area contributed by atoms with E-state index in [0.29, 0.717) is 23.6 Å². The molecule has 1 aliphatic rings. The molecule has 0 aliphatic heterocycles. The van der Waals surface area contributed by atoms with E-state index >= 15 is 0 Å². The molecule has 182 valence electrons. The van der Waals surface area contributed by atoms with E-state index in [1.54, 1.807) is 31.2 Å². The largest absolute Gasteiger partial charge is 1.00 e. The molecule has 4 rings (SSSR count). The van der Waals surface area contributed by atoms with Gasteiger partial charge in [0, 0.05) is 0 Å². The van der Waals surface area contributed by atoms with Gasteiger partial charge in [0.15, 0.2) is 0 Å². The molecule has 0 heterocycles. The SMILES string of the molecule is CCOC(=O)c1ccc(COc2cc3c(cc2N=Nc2ccc(Cl)c(S(=O)(=O)[O-])c2)CCC3)cc1.[Na+]. The third-order valence-electron chi connectivity index (χ3n) is 5.49. The number of carbonyl (C=O) groups is 1. The minimum absolute atomic E-state index is 0. The topological polar surface area (TPSA) is 117 Å². The molecule has 8 nitrogen and oxygen atoms in total. The van der Waals surface area contributed by atoms with Gasteiger partial charge in [0.05, 0.1) is 27.8 Å². The van der Waals surface area contributed by atoms with Gasteiger partial charge in [-0.05, 0) is 85.3 Å². The normalized spacial score (nSPS) is 12.8. The summed E-state index contributed by atoms with van der Waals surface area (Å²) in [6.07, 6.45) is 2.90. The Bertz CT molecular complexity index is 1390. The van der Waals surface area contributed by atoms with Crippen LogP contribution in [-0.2, 0) is 34.3 Å². The Morgan fingerprint density at radius 3 is 2.39 bits per heavy atom. The first kappa shape index (κ1) is 28.3. The molecule has 0 saturated heterocycles. The number of aryl methyl sites for hydroxylation is 2. The number of fused-ring (bicyclic) bond motifs is 1. The number of esters is 1. The second-order valence-corrected chi connectivity index (χ2v) is 9.67. The Hall–Kier alpha value is -2.27. The number of hydrogen-bond donors (Lipinski definition) is 0. The number of halogens is 1. The number of ether oxygens (including phenoxy) is 2. The molecule has 3 aromatic carbocycles. The summed E-state index contributed by atoms with van der Waals surface area (Å²) in [5.41, 5.74) is 4.31. The van der Waals surface area contributed by atoms with Crippen LogP contribution in [0.2, 0.25) is 5.02 Å². The van der Waals surface area contributed by atoms with Gasteiger partial charge in [0.2, 0.25) is 0 Å². The van der Waals surface area contributed by atoms with Crippen LogP contribution in [0, 0.1) is 0 Å². The van der Waals surface area contributed by atoms with Crippen LogP contribution in [0.5, 0.6) is 5.75 Å². The summed E-state index contributed by atoms with van der Waals surface area (Å²) >= 11 is 5.83. The molecule has 0 saturated carbocycles. The summed E-state index contributed by atoms with van der Waals surface area (Å²) in [5, 5.41) is 8.22. The fourth-order valence-corrected chi connectivity index (χ4v) is 4.73. The molecule has 0 unspecified atom stereocenters. The molecule has 3 aromatic rings. The fourth-order valence-electron chi connectivity index (χ4n) is 3.75. The maximum absolute atomic E-state index is 11.8. The van der Waals surface area contributed by atoms with Crippen molar-refractivity contribution in [3.63, 3.8) is 0 Å². The van der Waals surface area contributed by atoms with E-state index < -0.39 is 15.0 Å². The summed E-state index contributed by atoms with van der Waals surface area (Å²) in [4.78, 5) is 11.3. The predicted molar refractivity (Wildman–Crippen MR) is 129 cm³/mol. The molecule has 0 atom stereocenters. The third kappa shape index (κ3) is 6.94. The standard InChI is InChI=1S/C25H23ClN2O6S.Na/c1-2-33-25(29)17-8-6-16(7-9-17)15-34-23-13-19-5-3-4-18(19)12-22(23)28-27-20-10-11-21(26)24(14-20)35(30,31)32;/h6-14H,2-5,15H2,1H3,(H,30,31,32);/q;+1/p-1. The van der Waals surface area contributed by atoms with E-state index in [-0.39, 0.29) is 52.8 Å². The van der Waals surface area contributed by atoms with Gasteiger partial charge in [-0.2, -0.15) is 5.11 Å². The smallest absolute Gasteiger partial charge is 0.744 e. The van der Waals surface area contributed by atoms with Crippen LogP contribution in [0.15, 0.2) is 69.7 Å². The maximum atomic E-state index is 11.8. The van der Waals surface area contributed by atoms with Crippen molar-refractivity contribution in [2.24, 2.45) is 10.2 Å². The summed E-state index contributed by atoms with van der Waals surface area (Å²) in [6, 6.07) is 14.7. The average molecular weight is 537 g/mol. The Morgan fingerprint density at radius 1 is 1.03 bits per heavy atom. The van der Waals surface area contributed by atoms with E-state index in [1.165, 1.54) is 17.7 Å². The van der Waals surface area contributed by atoms with Gasteiger partial charge in [0.25, 0.3) is 0 Å². The van der Waals surface area contributed by atoms with Crippen molar-refractivity contribution in [2.45, 2.75) is 37.7 Å². The minimum Gasteiger partial charge on any atom is -0.744 e. The van der Waals surface area contributed by atoms with Crippen molar-refractivity contribution in [1.82, 2.24) is 0 Å². The first-order valence-corrected chi connectivity index (χ1v) is 12.7. The van der Waals surface area contributed by atoms with Gasteiger partial charge in [-0.25, -0.2) is 13.2 Å². The summed E-state index contributed by atoms with van der Waals surface area (Å²) in [6.45, 7) is 2.30. The van der Waals surface area contributed by atoms with Gasteiger partial charge in [-0.15, -0.1) is 5.11 Å². The molecule has 11 heteroatoms. The van der Waals surface area contributed by atoms with E-state index in [4.69, 9.17) is 21.1 Å². The summed E-state index contributed by atoms with van der Waals surface area (Å²) in [5.74, 6) is 0.144. The van der Waals surface area contributed by atoms with Crippen LogP contribution >= 0.6 is 11.6 Å². The van der Waals surface area contributed by atoms with Gasteiger partial charge in [-0.1, -0.05) is 23.7 Å². The van der Waals surface area contributed by atoms with Crippen molar-refractivity contribution in [3.05, 3.63) is 81.9 Å². The molecular formula is C25H22ClN2NaO6S. The second-order valence-electron chi connectivity index (χ2n) is 7.92. The van der Waals surface area contributed by atoms with E-state index in [1.807, 2.05) is 12.1 Å². The molecule has 0 bridgehead atoms. The van der Waals surface area contributed by atoms with Crippen LogP contribution in [0.4, 0.5) is 11.4 Å². The van der Waals surface area contributed by atoms with Gasteiger partial charge in [-0.3, -0.25) is 0 Å². The summed E-state index contributed by atoms with van der Waals surface area (Å²) in [7, 11) is -4.74. The average Bonchev–Trinajstić information content (AvgIpc) is 3.29. The number of azo groups is 1. The molecular weight excluding hydrogens is 515 g/mol. The quantitative estimate of drug-likeness (QED) is 0.189. The van der Waals surface area contributed by atoms with Gasteiger partial charge >= 0.3 is 35.5 Å². The van der Waals surface area contributed by atoms with Gasteiger partial charge in [0.1, 0.15) is 28.2 Å². The molecule has 0 radical (unpaired) electrons. The van der Waals surface area contributed by atoms with Crippen molar-refractivity contribution >= 4 is 39.1 Å². The van der Waals surface area contributed by atoms with E-state index in [0.717, 1.165) is 36.5 Å². The monoisotopic (exact) mass is 536 g/mol. The zero-order valence-corrected chi connectivity index (χ0v) is 23.4. The molecule has 0 N–H and O–H groups in total. The first-order valence-electron chi connectivity index (χ1n) is 11.0. The summed E-state index contributed by atoms with van der Waals surface area (Å²) < 4.78 is 45.3. The number of carbonyl (C=O) groups excluding carboxylic acids is 1. The molecule has 0 spiro atoms. The van der Waals surface area contributed by atoms with Crippen LogP contribution < -0.4 is 34.3 Å². The Balaban J connectivity index is 0.00000361. The van der Waals surface area contributed by atoms with Crippen molar-refractivity contribution in [1.29, 1.82) is 0 Å². The molecule has 36 heavy (non-hydrogen) atoms. The number of rotatable bonds is 8. The second kappa shape index (κ2) is 12.3. The van der Waals surface area contributed by atoms with Crippen molar-refractivity contribution in [2.75, 3.05) is 6.61 Å². The zero-order chi connectivity index (χ0) is 25.0. The molecule has 1 aliphatic carbocycles. The van der Waals surface area contributed by atoms with Crippen molar-refractivity contribution in [3.8, 4) is 5.75 Å². The Kier molecular flexibility index (Phi) is 9.68. The number of nitrogens with zero attached hydrogens (tertiary/aromatic N) is 2. The van der Waals surface area contributed by atoms with Crippen LogP contribution in [0.3, 0.4) is 0 Å². The third-order valence-corrected chi connectivity index (χ3v) is 6.81. The zero-order valence-electron chi connectivity index (χ0n) is 19.9. The van der Waals surface area contributed by atoms with E-state index in [9.17, 15) is 17.8 Å².